The number of ether oxygens (including phenoxy) is 1. The Kier molecular flexibility index (Phi) is 3.41. The predicted molar refractivity (Wildman–Crippen MR) is 64.6 cm³/mol. The summed E-state index contributed by atoms with van der Waals surface area (Å²) in [5.74, 6) is 1.69. The summed E-state index contributed by atoms with van der Waals surface area (Å²) in [5, 5.41) is 7.56. The molecular weight excluding hydrogens is 232 g/mol. The van der Waals surface area contributed by atoms with Crippen molar-refractivity contribution in [1.29, 1.82) is 0 Å². The van der Waals surface area contributed by atoms with Crippen LogP contribution in [0.15, 0.2) is 22.6 Å². The molecule has 94 valence electrons. The molecule has 5 heteroatoms. The molecule has 0 atom stereocenters. The van der Waals surface area contributed by atoms with E-state index in [1.54, 1.807) is 25.1 Å². The molecule has 0 aliphatic carbocycles. The third kappa shape index (κ3) is 2.74. The van der Waals surface area contributed by atoms with E-state index in [9.17, 15) is 4.79 Å². The van der Waals surface area contributed by atoms with Crippen LogP contribution in [0.2, 0.25) is 0 Å². The maximum atomic E-state index is 11.2. The zero-order valence-electron chi connectivity index (χ0n) is 10.6. The van der Waals surface area contributed by atoms with E-state index in [0.29, 0.717) is 23.1 Å². The smallest absolute Gasteiger partial charge is 0.253 e. The van der Waals surface area contributed by atoms with Gasteiger partial charge in [-0.15, -0.1) is 10.2 Å². The van der Waals surface area contributed by atoms with E-state index in [1.165, 1.54) is 6.92 Å². The van der Waals surface area contributed by atoms with Gasteiger partial charge in [0.05, 0.1) is 0 Å². The van der Waals surface area contributed by atoms with Gasteiger partial charge in [0.2, 0.25) is 5.89 Å². The van der Waals surface area contributed by atoms with Crippen LogP contribution < -0.4 is 4.74 Å². The highest BCUT2D eigenvalue weighted by Gasteiger charge is 2.07. The number of ketones is 1. The Bertz CT molecular complexity index is 575. The topological polar surface area (TPSA) is 65.2 Å². The summed E-state index contributed by atoms with van der Waals surface area (Å²) in [4.78, 5) is 11.2. The zero-order chi connectivity index (χ0) is 13.1. The third-order valence-electron chi connectivity index (χ3n) is 2.50. The Labute approximate surface area is 105 Å². The average Bonchev–Trinajstić information content (AvgIpc) is 2.73. The minimum Gasteiger partial charge on any atom is -0.484 e. The fraction of sp³-hybridized carbons (Fsp3) is 0.308. The van der Waals surface area contributed by atoms with Gasteiger partial charge in [0.1, 0.15) is 5.75 Å². The number of rotatable bonds is 4. The van der Waals surface area contributed by atoms with Crippen molar-refractivity contribution in [2.75, 3.05) is 0 Å². The van der Waals surface area contributed by atoms with Gasteiger partial charge in [-0.2, -0.15) is 0 Å². The highest BCUT2D eigenvalue weighted by atomic mass is 16.5. The number of hydrogen-bond acceptors (Lipinski definition) is 5. The lowest BCUT2D eigenvalue weighted by molar-refractivity contribution is 0.101. The van der Waals surface area contributed by atoms with Crippen molar-refractivity contribution in [2.24, 2.45) is 0 Å². The van der Waals surface area contributed by atoms with Crippen LogP contribution in [-0.2, 0) is 6.61 Å². The van der Waals surface area contributed by atoms with E-state index in [4.69, 9.17) is 9.15 Å². The molecule has 1 aromatic carbocycles. The second-order valence-corrected chi connectivity index (χ2v) is 4.04. The number of aromatic nitrogens is 2. The van der Waals surface area contributed by atoms with Gasteiger partial charge < -0.3 is 9.15 Å². The second-order valence-electron chi connectivity index (χ2n) is 4.04. The van der Waals surface area contributed by atoms with Gasteiger partial charge in [-0.25, -0.2) is 0 Å². The highest BCUT2D eigenvalue weighted by molar-refractivity contribution is 5.94. The fourth-order valence-corrected chi connectivity index (χ4v) is 1.57. The van der Waals surface area contributed by atoms with E-state index >= 15 is 0 Å². The first kappa shape index (κ1) is 12.3. The van der Waals surface area contributed by atoms with Gasteiger partial charge in [-0.1, -0.05) is 0 Å². The van der Waals surface area contributed by atoms with Gasteiger partial charge >= 0.3 is 0 Å². The number of Topliss-reactive ketones (excluding diaryl/α,β-unsaturated/α-hetero) is 1. The second kappa shape index (κ2) is 5.00. The molecule has 0 amide bonds. The van der Waals surface area contributed by atoms with Crippen molar-refractivity contribution in [3.63, 3.8) is 0 Å². The summed E-state index contributed by atoms with van der Waals surface area (Å²) < 4.78 is 10.8. The molecule has 0 aliphatic heterocycles. The maximum absolute atomic E-state index is 11.2. The van der Waals surface area contributed by atoms with Crippen LogP contribution in [-0.4, -0.2) is 16.0 Å². The molecule has 18 heavy (non-hydrogen) atoms. The van der Waals surface area contributed by atoms with Gasteiger partial charge in [0.25, 0.3) is 5.89 Å². The number of hydrogen-bond donors (Lipinski definition) is 0. The molecule has 0 unspecified atom stereocenters. The summed E-state index contributed by atoms with van der Waals surface area (Å²) in [5.41, 5.74) is 1.58. The Morgan fingerprint density at radius 2 is 2.11 bits per heavy atom. The molecule has 0 N–H and O–H groups in total. The number of carbonyl (C=O) groups excluding carboxylic acids is 1. The molecule has 2 aromatic rings. The summed E-state index contributed by atoms with van der Waals surface area (Å²) in [6, 6.07) is 5.32. The van der Waals surface area contributed by atoms with Crippen molar-refractivity contribution in [3.05, 3.63) is 41.1 Å². The van der Waals surface area contributed by atoms with Crippen LogP contribution in [0.5, 0.6) is 5.75 Å². The molecule has 0 saturated heterocycles. The Morgan fingerprint density at radius 1 is 1.33 bits per heavy atom. The first-order valence-corrected chi connectivity index (χ1v) is 5.59. The first-order chi connectivity index (χ1) is 8.56. The van der Waals surface area contributed by atoms with E-state index in [-0.39, 0.29) is 12.4 Å². The van der Waals surface area contributed by atoms with Gasteiger partial charge in [0, 0.05) is 12.5 Å². The molecule has 2 rings (SSSR count). The average molecular weight is 246 g/mol. The normalized spacial score (nSPS) is 10.4. The summed E-state index contributed by atoms with van der Waals surface area (Å²) in [6.07, 6.45) is 0. The van der Waals surface area contributed by atoms with Crippen molar-refractivity contribution in [1.82, 2.24) is 10.2 Å². The maximum Gasteiger partial charge on any atom is 0.253 e. The van der Waals surface area contributed by atoms with Gasteiger partial charge in [0.15, 0.2) is 12.4 Å². The highest BCUT2D eigenvalue weighted by Crippen LogP contribution is 2.20. The van der Waals surface area contributed by atoms with Gasteiger partial charge in [-0.05, 0) is 37.6 Å². The van der Waals surface area contributed by atoms with Crippen molar-refractivity contribution >= 4 is 5.78 Å². The monoisotopic (exact) mass is 246 g/mol. The Morgan fingerprint density at radius 3 is 2.67 bits per heavy atom. The molecular formula is C13H14N2O3. The molecule has 5 nitrogen and oxygen atoms in total. The van der Waals surface area contributed by atoms with Gasteiger partial charge in [-0.3, -0.25) is 4.79 Å². The molecule has 1 heterocycles. The lowest BCUT2D eigenvalue weighted by Gasteiger charge is -2.07. The molecule has 0 fully saturated rings. The van der Waals surface area contributed by atoms with Crippen LogP contribution in [0.1, 0.15) is 34.6 Å². The van der Waals surface area contributed by atoms with Crippen LogP contribution in [0.3, 0.4) is 0 Å². The van der Waals surface area contributed by atoms with Crippen LogP contribution in [0, 0.1) is 13.8 Å². The minimum atomic E-state index is 0.0391. The number of benzene rings is 1. The van der Waals surface area contributed by atoms with E-state index in [0.717, 1.165) is 5.56 Å². The molecule has 0 spiro atoms. The van der Waals surface area contributed by atoms with Crippen LogP contribution in [0.4, 0.5) is 0 Å². The van der Waals surface area contributed by atoms with Crippen molar-refractivity contribution < 1.29 is 13.9 Å². The molecule has 0 aliphatic rings. The first-order valence-electron chi connectivity index (χ1n) is 5.59. The van der Waals surface area contributed by atoms with Crippen molar-refractivity contribution in [3.8, 4) is 5.75 Å². The number of nitrogens with zero attached hydrogens (tertiary/aromatic N) is 2. The lowest BCUT2D eigenvalue weighted by Crippen LogP contribution is -1.99. The largest absolute Gasteiger partial charge is 0.484 e. The summed E-state index contributed by atoms with van der Waals surface area (Å²) in [6.45, 7) is 5.38. The standard InChI is InChI=1S/C13H14N2O3/c1-8-6-11(9(2)16)4-5-12(8)17-7-13-15-14-10(3)18-13/h4-6H,7H2,1-3H3. The number of aryl methyl sites for hydroxylation is 2. The molecule has 0 saturated carbocycles. The lowest BCUT2D eigenvalue weighted by atomic mass is 10.1. The molecule has 1 aromatic heterocycles. The quantitative estimate of drug-likeness (QED) is 0.775. The summed E-state index contributed by atoms with van der Waals surface area (Å²) >= 11 is 0. The summed E-state index contributed by atoms with van der Waals surface area (Å²) in [7, 11) is 0. The Balaban J connectivity index is 2.08. The number of carbonyl (C=O) groups is 1. The van der Waals surface area contributed by atoms with E-state index in [2.05, 4.69) is 10.2 Å². The Hall–Kier alpha value is -2.17. The molecule has 0 bridgehead atoms. The zero-order valence-corrected chi connectivity index (χ0v) is 10.6. The third-order valence-corrected chi connectivity index (χ3v) is 2.50. The minimum absolute atomic E-state index is 0.0391. The molecule has 0 radical (unpaired) electrons. The SMILES string of the molecule is CC(=O)c1ccc(OCc2nnc(C)o2)c(C)c1. The van der Waals surface area contributed by atoms with E-state index < -0.39 is 0 Å². The van der Waals surface area contributed by atoms with Crippen molar-refractivity contribution in [2.45, 2.75) is 27.4 Å². The van der Waals surface area contributed by atoms with Crippen LogP contribution in [0.25, 0.3) is 0 Å². The van der Waals surface area contributed by atoms with Crippen LogP contribution >= 0.6 is 0 Å². The van der Waals surface area contributed by atoms with E-state index in [1.807, 2.05) is 6.92 Å². The fourth-order valence-electron chi connectivity index (χ4n) is 1.57. The predicted octanol–water partition coefficient (Wildman–Crippen LogP) is 2.47.